The van der Waals surface area contributed by atoms with Crippen LogP contribution in [0.4, 0.5) is 16.2 Å². The number of urea groups is 1. The van der Waals surface area contributed by atoms with Crippen molar-refractivity contribution in [2.24, 2.45) is 0 Å². The number of carbonyl (C=O) groups excluding carboxylic acids is 2. The standard InChI is InChI=1S/C31H35N7O7S/c1-20-7-4-3-5-8-22-9-6-10-24(22)28(20)33-31(40)36-46(43,44)23-13-11-21(12-14-23)17-18-32-27(39)19-37(2)25-15-16-26(38(41)42)30-29(25)34-45-35-30/h8,11-16H,1,3-7,9-10,17-19H2,2H3,(H,32,39)(H2,33,36,40)/b22-8-,28-24+. The number of nitrogens with zero attached hydrogens (tertiary/aromatic N) is 4. The number of nitro benzene ring substituents is 1. The Balaban J connectivity index is 1.13. The first kappa shape index (κ1) is 32.3. The molecule has 5 rings (SSSR count). The number of rotatable bonds is 10. The second-order valence-corrected chi connectivity index (χ2v) is 13.0. The molecule has 3 aromatic rings. The van der Waals surface area contributed by atoms with E-state index >= 15 is 0 Å². The summed E-state index contributed by atoms with van der Waals surface area (Å²) in [5, 5.41) is 24.1. The molecule has 3 amide bonds. The SMILES string of the molecule is C=C1CCCC/C=C2/CCC/C2=C/1NC(=O)NS(=O)(=O)c1ccc(CCNC(=O)CN(C)c2ccc([N+](=O)[O-])c3nonc23)cc1. The zero-order valence-corrected chi connectivity index (χ0v) is 26.2. The smallest absolute Gasteiger partial charge is 0.333 e. The quantitative estimate of drug-likeness (QED) is 0.210. The molecule has 1 aromatic heterocycles. The molecular weight excluding hydrogens is 614 g/mol. The van der Waals surface area contributed by atoms with Crippen LogP contribution in [0, 0.1) is 10.1 Å². The minimum Gasteiger partial charge on any atom is -0.363 e. The first-order valence-electron chi connectivity index (χ1n) is 14.9. The lowest BCUT2D eigenvalue weighted by Crippen LogP contribution is -2.39. The van der Waals surface area contributed by atoms with Gasteiger partial charge in [0.05, 0.1) is 22.1 Å². The van der Waals surface area contributed by atoms with E-state index in [0.717, 1.165) is 61.7 Å². The van der Waals surface area contributed by atoms with E-state index in [2.05, 4.69) is 43.0 Å². The first-order chi connectivity index (χ1) is 22.0. The van der Waals surface area contributed by atoms with Crippen LogP contribution < -0.4 is 20.3 Å². The van der Waals surface area contributed by atoms with Gasteiger partial charge in [0.1, 0.15) is 0 Å². The summed E-state index contributed by atoms with van der Waals surface area (Å²) in [6, 6.07) is 7.98. The number of non-ortho nitro benzene ring substituents is 1. The molecule has 2 aliphatic carbocycles. The van der Waals surface area contributed by atoms with E-state index in [-0.39, 0.29) is 40.6 Å². The number of amides is 3. The van der Waals surface area contributed by atoms with Crippen LogP contribution in [0.25, 0.3) is 11.0 Å². The molecule has 46 heavy (non-hydrogen) atoms. The predicted molar refractivity (Wildman–Crippen MR) is 170 cm³/mol. The molecule has 0 bridgehead atoms. The predicted octanol–water partition coefficient (Wildman–Crippen LogP) is 4.41. The number of fused-ring (bicyclic) bond motifs is 2. The molecule has 1 fully saturated rings. The normalized spacial score (nSPS) is 18.0. The number of sulfonamides is 1. The van der Waals surface area contributed by atoms with Gasteiger partial charge in [-0.2, -0.15) is 0 Å². The molecule has 242 valence electrons. The number of likely N-dealkylation sites (N-methyl/N-ethyl adjacent to an activating group) is 1. The van der Waals surface area contributed by atoms with Gasteiger partial charge in [0.25, 0.3) is 10.0 Å². The van der Waals surface area contributed by atoms with Gasteiger partial charge in [0.2, 0.25) is 11.4 Å². The van der Waals surface area contributed by atoms with E-state index in [1.807, 2.05) is 0 Å². The molecule has 1 heterocycles. The molecule has 0 spiro atoms. The van der Waals surface area contributed by atoms with Crippen LogP contribution in [-0.4, -0.2) is 55.7 Å². The van der Waals surface area contributed by atoms with Gasteiger partial charge in [-0.3, -0.25) is 14.9 Å². The maximum Gasteiger partial charge on any atom is 0.333 e. The van der Waals surface area contributed by atoms with Gasteiger partial charge in [-0.05, 0) is 102 Å². The average molecular weight is 650 g/mol. The molecule has 2 aliphatic rings. The fourth-order valence-corrected chi connectivity index (χ4v) is 6.60. The molecule has 1 saturated carbocycles. The van der Waals surface area contributed by atoms with Crippen molar-refractivity contribution in [3.8, 4) is 0 Å². The summed E-state index contributed by atoms with van der Waals surface area (Å²) in [6.45, 7) is 4.38. The number of benzene rings is 2. The number of hydrogen-bond acceptors (Lipinski definition) is 10. The van der Waals surface area contributed by atoms with E-state index in [4.69, 9.17) is 0 Å². The Morgan fingerprint density at radius 3 is 2.57 bits per heavy atom. The Hall–Kier alpha value is -5.05. The number of anilines is 1. The number of nitro groups is 1. The van der Waals surface area contributed by atoms with Crippen LogP contribution in [0.15, 0.2) is 81.0 Å². The average Bonchev–Trinajstić information content (AvgIpc) is 3.69. The molecule has 2 aromatic carbocycles. The Morgan fingerprint density at radius 1 is 1.04 bits per heavy atom. The van der Waals surface area contributed by atoms with Crippen LogP contribution in [0.2, 0.25) is 0 Å². The lowest BCUT2D eigenvalue weighted by atomic mass is 10.0. The summed E-state index contributed by atoms with van der Waals surface area (Å²) < 4.78 is 32.8. The van der Waals surface area contributed by atoms with Crippen molar-refractivity contribution in [2.45, 2.75) is 56.3 Å². The highest BCUT2D eigenvalue weighted by Crippen LogP contribution is 2.36. The highest BCUT2D eigenvalue weighted by Gasteiger charge is 2.25. The van der Waals surface area contributed by atoms with Crippen molar-refractivity contribution in [1.82, 2.24) is 25.7 Å². The van der Waals surface area contributed by atoms with Crippen LogP contribution in [0.3, 0.4) is 0 Å². The summed E-state index contributed by atoms with van der Waals surface area (Å²) in [5.41, 5.74) is 4.80. The highest BCUT2D eigenvalue weighted by molar-refractivity contribution is 7.90. The van der Waals surface area contributed by atoms with E-state index in [0.29, 0.717) is 17.8 Å². The van der Waals surface area contributed by atoms with Crippen LogP contribution in [0.1, 0.15) is 50.5 Å². The maximum absolute atomic E-state index is 13.0. The summed E-state index contributed by atoms with van der Waals surface area (Å²) in [5.74, 6) is -0.307. The van der Waals surface area contributed by atoms with Crippen molar-refractivity contribution in [1.29, 1.82) is 0 Å². The maximum atomic E-state index is 13.0. The van der Waals surface area contributed by atoms with Crippen LogP contribution in [-0.2, 0) is 21.2 Å². The van der Waals surface area contributed by atoms with Gasteiger partial charge in [0, 0.05) is 25.4 Å². The molecule has 0 aliphatic heterocycles. The van der Waals surface area contributed by atoms with Gasteiger partial charge in [0.15, 0.2) is 5.52 Å². The van der Waals surface area contributed by atoms with E-state index in [1.165, 1.54) is 29.8 Å². The fourth-order valence-electron chi connectivity index (χ4n) is 5.69. The van der Waals surface area contributed by atoms with Crippen LogP contribution >= 0.6 is 0 Å². The third kappa shape index (κ3) is 7.42. The van der Waals surface area contributed by atoms with E-state index in [1.54, 1.807) is 24.1 Å². The molecule has 0 unspecified atom stereocenters. The first-order valence-corrected chi connectivity index (χ1v) is 16.4. The molecule has 3 N–H and O–H groups in total. The number of hydrogen-bond donors (Lipinski definition) is 3. The van der Waals surface area contributed by atoms with Crippen molar-refractivity contribution >= 4 is 44.4 Å². The number of allylic oxidation sites excluding steroid dienone is 4. The summed E-state index contributed by atoms with van der Waals surface area (Å²) in [4.78, 5) is 37.6. The Morgan fingerprint density at radius 2 is 1.80 bits per heavy atom. The van der Waals surface area contributed by atoms with Crippen molar-refractivity contribution < 1.29 is 27.6 Å². The zero-order chi connectivity index (χ0) is 32.8. The lowest BCUT2D eigenvalue weighted by molar-refractivity contribution is -0.383. The minimum atomic E-state index is -4.14. The second-order valence-electron chi connectivity index (χ2n) is 11.3. The Kier molecular flexibility index (Phi) is 9.80. The topological polar surface area (TPSA) is 190 Å². The van der Waals surface area contributed by atoms with E-state index < -0.39 is 21.0 Å². The van der Waals surface area contributed by atoms with Gasteiger partial charge in [-0.15, -0.1) is 0 Å². The van der Waals surface area contributed by atoms with Crippen molar-refractivity contribution in [2.75, 3.05) is 25.0 Å². The number of carbonyl (C=O) groups is 2. The van der Waals surface area contributed by atoms with Gasteiger partial charge in [-0.25, -0.2) is 22.6 Å². The zero-order valence-electron chi connectivity index (χ0n) is 25.4. The Bertz CT molecular complexity index is 1850. The van der Waals surface area contributed by atoms with Gasteiger partial charge in [-0.1, -0.05) is 24.8 Å². The monoisotopic (exact) mass is 649 g/mol. The molecule has 14 nitrogen and oxygen atoms in total. The summed E-state index contributed by atoms with van der Waals surface area (Å²) in [7, 11) is -2.50. The van der Waals surface area contributed by atoms with Gasteiger partial charge >= 0.3 is 11.7 Å². The van der Waals surface area contributed by atoms with Crippen molar-refractivity contribution in [3.63, 3.8) is 0 Å². The van der Waals surface area contributed by atoms with Crippen molar-refractivity contribution in [3.05, 3.63) is 87.1 Å². The Labute approximate surface area is 265 Å². The van der Waals surface area contributed by atoms with Crippen LogP contribution in [0.5, 0.6) is 0 Å². The third-order valence-corrected chi connectivity index (χ3v) is 9.38. The van der Waals surface area contributed by atoms with E-state index in [9.17, 15) is 28.1 Å². The second kappa shape index (κ2) is 13.9. The molecule has 0 radical (unpaired) electrons. The largest absolute Gasteiger partial charge is 0.363 e. The summed E-state index contributed by atoms with van der Waals surface area (Å²) >= 11 is 0. The highest BCUT2D eigenvalue weighted by atomic mass is 32.2. The molecule has 0 atom stereocenters. The molecule has 0 saturated heterocycles. The molecular formula is C31H35N7O7S. The van der Waals surface area contributed by atoms with Gasteiger partial charge < -0.3 is 15.5 Å². The minimum absolute atomic E-state index is 0.00898. The number of nitrogens with one attached hydrogen (secondary N) is 3. The summed E-state index contributed by atoms with van der Waals surface area (Å²) in [6.07, 6.45) is 9.08. The number of aromatic nitrogens is 2. The lowest BCUT2D eigenvalue weighted by Gasteiger charge is -2.18. The fraction of sp³-hybridized carbons (Fsp3) is 0.355. The molecule has 15 heteroatoms. The third-order valence-electron chi connectivity index (χ3n) is 8.04.